The van der Waals surface area contributed by atoms with E-state index < -0.39 is 17.5 Å². The predicted molar refractivity (Wildman–Crippen MR) is 63.6 cm³/mol. The maximum atomic E-state index is 12.6. The van der Waals surface area contributed by atoms with Crippen LogP contribution in [-0.2, 0) is 13.2 Å². The molecule has 19 heavy (non-hydrogen) atoms. The highest BCUT2D eigenvalue weighted by Gasteiger charge is 2.32. The molecule has 0 fully saturated rings. The molecule has 2 aromatic rings. The number of alkyl halides is 3. The molecule has 0 aliphatic heterocycles. The molecule has 1 aromatic carbocycles. The standard InChI is InChI=1S/C11H7BrF3N3O/c1-18-9(5-16-17-18)10(19)7-4-6(11(13,14)15)2-3-8(7)12/h2-5H,1H3. The Hall–Kier alpha value is -1.70. The maximum Gasteiger partial charge on any atom is 0.416 e. The molecular weight excluding hydrogens is 327 g/mol. The Bertz CT molecular complexity index is 636. The minimum Gasteiger partial charge on any atom is -0.287 e. The normalized spacial score (nSPS) is 11.6. The minimum absolute atomic E-state index is 0.0831. The topological polar surface area (TPSA) is 47.8 Å². The fraction of sp³-hybridized carbons (Fsp3) is 0.182. The van der Waals surface area contributed by atoms with Crippen LogP contribution in [0.5, 0.6) is 0 Å². The summed E-state index contributed by atoms with van der Waals surface area (Å²) in [6.45, 7) is 0. The predicted octanol–water partition coefficient (Wildman–Crippen LogP) is 2.83. The first-order valence-electron chi connectivity index (χ1n) is 5.07. The quantitative estimate of drug-likeness (QED) is 0.794. The van der Waals surface area contributed by atoms with Gasteiger partial charge < -0.3 is 0 Å². The highest BCUT2D eigenvalue weighted by molar-refractivity contribution is 9.10. The monoisotopic (exact) mass is 333 g/mol. The van der Waals surface area contributed by atoms with Gasteiger partial charge in [-0.1, -0.05) is 21.1 Å². The van der Waals surface area contributed by atoms with E-state index >= 15 is 0 Å². The van der Waals surface area contributed by atoms with Crippen LogP contribution in [-0.4, -0.2) is 20.8 Å². The van der Waals surface area contributed by atoms with Crippen LogP contribution in [0.1, 0.15) is 21.6 Å². The third kappa shape index (κ3) is 2.67. The van der Waals surface area contributed by atoms with E-state index in [1.807, 2.05) is 0 Å². The Morgan fingerprint density at radius 3 is 2.58 bits per heavy atom. The van der Waals surface area contributed by atoms with Crippen molar-refractivity contribution in [3.63, 3.8) is 0 Å². The van der Waals surface area contributed by atoms with Crippen molar-refractivity contribution < 1.29 is 18.0 Å². The van der Waals surface area contributed by atoms with Crippen molar-refractivity contribution in [1.29, 1.82) is 0 Å². The van der Waals surface area contributed by atoms with Gasteiger partial charge in [0.25, 0.3) is 0 Å². The zero-order valence-electron chi connectivity index (χ0n) is 9.57. The third-order valence-electron chi connectivity index (χ3n) is 2.49. The Morgan fingerprint density at radius 2 is 2.05 bits per heavy atom. The summed E-state index contributed by atoms with van der Waals surface area (Å²) in [6.07, 6.45) is -3.30. The molecule has 1 heterocycles. The Balaban J connectivity index is 2.51. The van der Waals surface area contributed by atoms with E-state index in [1.54, 1.807) is 0 Å². The van der Waals surface area contributed by atoms with Crippen molar-refractivity contribution in [2.24, 2.45) is 7.05 Å². The third-order valence-corrected chi connectivity index (χ3v) is 3.18. The van der Waals surface area contributed by atoms with Crippen LogP contribution < -0.4 is 0 Å². The molecule has 0 amide bonds. The lowest BCUT2D eigenvalue weighted by atomic mass is 10.1. The number of carbonyl (C=O) groups is 1. The van der Waals surface area contributed by atoms with Gasteiger partial charge in [-0.25, -0.2) is 4.68 Å². The van der Waals surface area contributed by atoms with Crippen LogP contribution in [0.15, 0.2) is 28.9 Å². The van der Waals surface area contributed by atoms with Gasteiger partial charge in [-0.05, 0) is 18.2 Å². The summed E-state index contributed by atoms with van der Waals surface area (Å²) in [7, 11) is 1.49. The number of ketones is 1. The van der Waals surface area contributed by atoms with E-state index in [-0.39, 0.29) is 15.7 Å². The smallest absolute Gasteiger partial charge is 0.287 e. The second-order valence-corrected chi connectivity index (χ2v) is 4.62. The molecule has 8 heteroatoms. The van der Waals surface area contributed by atoms with Crippen molar-refractivity contribution >= 4 is 21.7 Å². The van der Waals surface area contributed by atoms with E-state index in [4.69, 9.17) is 0 Å². The first-order chi connectivity index (χ1) is 8.80. The maximum absolute atomic E-state index is 12.6. The number of aryl methyl sites for hydroxylation is 1. The molecule has 0 atom stereocenters. The van der Waals surface area contributed by atoms with Gasteiger partial charge in [-0.2, -0.15) is 13.2 Å². The van der Waals surface area contributed by atoms with Crippen LogP contribution >= 0.6 is 15.9 Å². The van der Waals surface area contributed by atoms with Gasteiger partial charge >= 0.3 is 6.18 Å². The number of aromatic nitrogens is 3. The lowest BCUT2D eigenvalue weighted by molar-refractivity contribution is -0.137. The van der Waals surface area contributed by atoms with Crippen molar-refractivity contribution in [2.45, 2.75) is 6.18 Å². The van der Waals surface area contributed by atoms with Gasteiger partial charge in [0.2, 0.25) is 5.78 Å². The molecule has 0 bridgehead atoms. The Kier molecular flexibility index (Phi) is 3.44. The van der Waals surface area contributed by atoms with Crippen LogP contribution in [0, 0.1) is 0 Å². The molecule has 0 saturated carbocycles. The lowest BCUT2D eigenvalue weighted by Crippen LogP contribution is -2.11. The molecule has 0 unspecified atom stereocenters. The summed E-state index contributed by atoms with van der Waals surface area (Å²) in [5, 5.41) is 7.10. The molecule has 0 saturated heterocycles. The lowest BCUT2D eigenvalue weighted by Gasteiger charge is -2.09. The van der Waals surface area contributed by atoms with Crippen molar-refractivity contribution in [1.82, 2.24) is 15.0 Å². The molecule has 100 valence electrons. The van der Waals surface area contributed by atoms with Crippen molar-refractivity contribution in [3.8, 4) is 0 Å². The summed E-state index contributed by atoms with van der Waals surface area (Å²) < 4.78 is 39.4. The first-order valence-corrected chi connectivity index (χ1v) is 5.86. The van der Waals surface area contributed by atoms with Gasteiger partial charge in [0.05, 0.1) is 11.8 Å². The molecule has 4 nitrogen and oxygen atoms in total. The van der Waals surface area contributed by atoms with Crippen LogP contribution in [0.4, 0.5) is 13.2 Å². The molecule has 0 N–H and O–H groups in total. The fourth-order valence-electron chi connectivity index (χ4n) is 1.51. The van der Waals surface area contributed by atoms with E-state index in [0.717, 1.165) is 12.1 Å². The van der Waals surface area contributed by atoms with Gasteiger partial charge in [0, 0.05) is 17.1 Å². The van der Waals surface area contributed by atoms with E-state index in [0.29, 0.717) is 0 Å². The SMILES string of the molecule is Cn1nncc1C(=O)c1cc(C(F)(F)F)ccc1Br. The summed E-state index contributed by atoms with van der Waals surface area (Å²) in [6, 6.07) is 2.90. The number of hydrogen-bond acceptors (Lipinski definition) is 3. The van der Waals surface area contributed by atoms with Gasteiger partial charge in [0.1, 0.15) is 5.69 Å². The second-order valence-electron chi connectivity index (χ2n) is 3.76. The summed E-state index contributed by atoms with van der Waals surface area (Å²) in [5.41, 5.74) is -0.852. The molecule has 2 rings (SSSR count). The van der Waals surface area contributed by atoms with E-state index in [2.05, 4.69) is 26.2 Å². The van der Waals surface area contributed by atoms with Crippen LogP contribution in [0.25, 0.3) is 0 Å². The molecule has 1 aromatic heterocycles. The summed E-state index contributed by atoms with van der Waals surface area (Å²) in [5.74, 6) is -0.578. The molecule has 0 aliphatic carbocycles. The van der Waals surface area contributed by atoms with E-state index in [9.17, 15) is 18.0 Å². The fourth-order valence-corrected chi connectivity index (χ4v) is 1.94. The van der Waals surface area contributed by atoms with E-state index in [1.165, 1.54) is 24.0 Å². The number of nitrogens with zero attached hydrogens (tertiary/aromatic N) is 3. The number of rotatable bonds is 2. The Labute approximate surface area is 114 Å². The molecular formula is C11H7BrF3N3O. The molecule has 0 radical (unpaired) electrons. The Morgan fingerprint density at radius 1 is 1.37 bits per heavy atom. The highest BCUT2D eigenvalue weighted by atomic mass is 79.9. The van der Waals surface area contributed by atoms with Crippen molar-refractivity contribution in [2.75, 3.05) is 0 Å². The number of carbonyl (C=O) groups excluding carboxylic acids is 1. The average molecular weight is 334 g/mol. The zero-order valence-corrected chi connectivity index (χ0v) is 11.2. The summed E-state index contributed by atoms with van der Waals surface area (Å²) in [4.78, 5) is 12.1. The number of halogens is 4. The van der Waals surface area contributed by atoms with Gasteiger partial charge in [-0.15, -0.1) is 5.10 Å². The van der Waals surface area contributed by atoms with Crippen molar-refractivity contribution in [3.05, 3.63) is 45.7 Å². The van der Waals surface area contributed by atoms with Gasteiger partial charge in [0.15, 0.2) is 0 Å². The molecule has 0 aliphatic rings. The summed E-state index contributed by atoms with van der Waals surface area (Å²) >= 11 is 3.07. The average Bonchev–Trinajstić information content (AvgIpc) is 2.73. The highest BCUT2D eigenvalue weighted by Crippen LogP contribution is 2.32. The first kappa shape index (κ1) is 13.7. The largest absolute Gasteiger partial charge is 0.416 e. The minimum atomic E-state index is -4.50. The second kappa shape index (κ2) is 4.76. The zero-order chi connectivity index (χ0) is 14.2. The number of hydrogen-bond donors (Lipinski definition) is 0. The van der Waals surface area contributed by atoms with Gasteiger partial charge in [-0.3, -0.25) is 4.79 Å². The number of benzene rings is 1. The van der Waals surface area contributed by atoms with Crippen LogP contribution in [0.3, 0.4) is 0 Å². The molecule has 0 spiro atoms. The van der Waals surface area contributed by atoms with Crippen LogP contribution in [0.2, 0.25) is 0 Å².